The number of hydrogen-bond donors (Lipinski definition) is 0. The highest BCUT2D eigenvalue weighted by molar-refractivity contribution is 4.62. The molecule has 0 aromatic rings. The third-order valence-corrected chi connectivity index (χ3v) is 2.90. The minimum absolute atomic E-state index is 0.597. The van der Waals surface area contributed by atoms with E-state index in [0.717, 1.165) is 6.61 Å². The van der Waals surface area contributed by atoms with E-state index < -0.39 is 0 Å². The summed E-state index contributed by atoms with van der Waals surface area (Å²) in [7, 11) is 0. The van der Waals surface area contributed by atoms with Crippen LogP contribution in [0.1, 0.15) is 64.7 Å². The van der Waals surface area contributed by atoms with Crippen LogP contribution >= 0.6 is 0 Å². The van der Waals surface area contributed by atoms with Gasteiger partial charge in [-0.15, -0.1) is 0 Å². The molecule has 0 aromatic carbocycles. The van der Waals surface area contributed by atoms with Gasteiger partial charge in [0.25, 0.3) is 0 Å². The molecular weight excluding hydrogens is 160 g/mol. The van der Waals surface area contributed by atoms with Crippen molar-refractivity contribution in [2.75, 3.05) is 6.61 Å². The van der Waals surface area contributed by atoms with E-state index in [1.807, 2.05) is 0 Å². The molecule has 1 heterocycles. The Balaban J connectivity index is 1.98. The van der Waals surface area contributed by atoms with Gasteiger partial charge >= 0.3 is 0 Å². The van der Waals surface area contributed by atoms with Gasteiger partial charge in [0.05, 0.1) is 6.10 Å². The van der Waals surface area contributed by atoms with Crippen molar-refractivity contribution in [3.63, 3.8) is 0 Å². The first kappa shape index (κ1) is 11.0. The minimum Gasteiger partial charge on any atom is -0.378 e. The molecule has 1 aliphatic rings. The second kappa shape index (κ2) is 7.37. The van der Waals surface area contributed by atoms with Crippen LogP contribution in [0.25, 0.3) is 0 Å². The van der Waals surface area contributed by atoms with E-state index in [2.05, 4.69) is 6.92 Å². The summed E-state index contributed by atoms with van der Waals surface area (Å²) in [6, 6.07) is 0. The highest BCUT2D eigenvalue weighted by Crippen LogP contribution is 2.18. The first-order valence-corrected chi connectivity index (χ1v) is 6.05. The summed E-state index contributed by atoms with van der Waals surface area (Å²) in [5.74, 6) is 0. The molecule has 1 atom stereocenters. The molecule has 0 aliphatic carbocycles. The third-order valence-electron chi connectivity index (χ3n) is 2.90. The lowest BCUT2D eigenvalue weighted by Crippen LogP contribution is -2.11. The van der Waals surface area contributed by atoms with Crippen LogP contribution in [0.2, 0.25) is 0 Å². The van der Waals surface area contributed by atoms with E-state index in [1.54, 1.807) is 0 Å². The molecular formula is C12H24O. The number of ether oxygens (including phenoxy) is 1. The Hall–Kier alpha value is -0.0400. The zero-order chi connectivity index (χ0) is 9.36. The van der Waals surface area contributed by atoms with Crippen molar-refractivity contribution in [2.45, 2.75) is 70.8 Å². The van der Waals surface area contributed by atoms with E-state index in [-0.39, 0.29) is 0 Å². The summed E-state index contributed by atoms with van der Waals surface area (Å²) in [5, 5.41) is 0. The molecule has 0 bridgehead atoms. The van der Waals surface area contributed by atoms with Crippen LogP contribution < -0.4 is 0 Å². The highest BCUT2D eigenvalue weighted by Gasteiger charge is 2.11. The third kappa shape index (κ3) is 5.30. The van der Waals surface area contributed by atoms with Crippen molar-refractivity contribution >= 4 is 0 Å². The summed E-state index contributed by atoms with van der Waals surface area (Å²) >= 11 is 0. The van der Waals surface area contributed by atoms with Crippen LogP contribution in [0, 0.1) is 0 Å². The predicted octanol–water partition coefficient (Wildman–Crippen LogP) is 3.92. The van der Waals surface area contributed by atoms with Crippen LogP contribution in [0.15, 0.2) is 0 Å². The summed E-state index contributed by atoms with van der Waals surface area (Å²) in [4.78, 5) is 0. The Morgan fingerprint density at radius 2 is 2.00 bits per heavy atom. The Bertz CT molecular complexity index is 104. The Kier molecular flexibility index (Phi) is 6.26. The van der Waals surface area contributed by atoms with Gasteiger partial charge in [0, 0.05) is 6.61 Å². The molecule has 1 aliphatic heterocycles. The summed E-state index contributed by atoms with van der Waals surface area (Å²) in [6.45, 7) is 3.28. The second-order valence-electron chi connectivity index (χ2n) is 4.19. The van der Waals surface area contributed by atoms with Gasteiger partial charge < -0.3 is 4.74 Å². The molecule has 1 rings (SSSR count). The van der Waals surface area contributed by atoms with Crippen molar-refractivity contribution < 1.29 is 4.74 Å². The Morgan fingerprint density at radius 1 is 1.08 bits per heavy atom. The highest BCUT2D eigenvalue weighted by atomic mass is 16.5. The van der Waals surface area contributed by atoms with Crippen LogP contribution in [0.3, 0.4) is 0 Å². The van der Waals surface area contributed by atoms with Crippen LogP contribution in [0.4, 0.5) is 0 Å². The van der Waals surface area contributed by atoms with Gasteiger partial charge in [0.1, 0.15) is 0 Å². The van der Waals surface area contributed by atoms with Crippen molar-refractivity contribution in [3.05, 3.63) is 0 Å². The normalized spacial score (nSPS) is 24.2. The molecule has 1 nitrogen and oxygen atoms in total. The van der Waals surface area contributed by atoms with Gasteiger partial charge in [0.2, 0.25) is 0 Å². The molecule has 1 fully saturated rings. The number of rotatable bonds is 5. The van der Waals surface area contributed by atoms with Gasteiger partial charge in [-0.05, 0) is 19.3 Å². The lowest BCUT2D eigenvalue weighted by Gasteiger charge is -2.14. The van der Waals surface area contributed by atoms with E-state index >= 15 is 0 Å². The maximum absolute atomic E-state index is 5.78. The van der Waals surface area contributed by atoms with Crippen LogP contribution in [-0.4, -0.2) is 12.7 Å². The summed E-state index contributed by atoms with van der Waals surface area (Å²) < 4.78 is 5.78. The van der Waals surface area contributed by atoms with Crippen LogP contribution in [0.5, 0.6) is 0 Å². The fourth-order valence-corrected chi connectivity index (χ4v) is 2.01. The molecule has 1 saturated heterocycles. The molecule has 0 aromatic heterocycles. The number of unbranched alkanes of at least 4 members (excludes halogenated alkanes) is 3. The molecule has 78 valence electrons. The SMILES string of the molecule is CCCCCCC1CCCCCO1. The molecule has 0 N–H and O–H groups in total. The first-order valence-electron chi connectivity index (χ1n) is 6.05. The van der Waals surface area contributed by atoms with E-state index in [4.69, 9.17) is 4.74 Å². The first-order chi connectivity index (χ1) is 6.43. The van der Waals surface area contributed by atoms with Gasteiger partial charge in [-0.2, -0.15) is 0 Å². The Morgan fingerprint density at radius 3 is 2.85 bits per heavy atom. The van der Waals surface area contributed by atoms with Gasteiger partial charge in [-0.1, -0.05) is 45.4 Å². The lowest BCUT2D eigenvalue weighted by molar-refractivity contribution is 0.0510. The zero-order valence-corrected chi connectivity index (χ0v) is 9.06. The average Bonchev–Trinajstić information content (AvgIpc) is 2.41. The lowest BCUT2D eigenvalue weighted by atomic mass is 10.0. The second-order valence-corrected chi connectivity index (χ2v) is 4.19. The molecule has 0 amide bonds. The molecule has 1 unspecified atom stereocenters. The summed E-state index contributed by atoms with van der Waals surface area (Å²) in [5.41, 5.74) is 0. The van der Waals surface area contributed by atoms with Crippen LogP contribution in [-0.2, 0) is 4.74 Å². The van der Waals surface area contributed by atoms with Crippen molar-refractivity contribution in [2.24, 2.45) is 0 Å². The van der Waals surface area contributed by atoms with Gasteiger partial charge in [-0.3, -0.25) is 0 Å². The predicted molar refractivity (Wildman–Crippen MR) is 57.0 cm³/mol. The average molecular weight is 184 g/mol. The standard InChI is InChI=1S/C12H24O/c1-2-3-4-6-9-12-10-7-5-8-11-13-12/h12H,2-11H2,1H3. The maximum Gasteiger partial charge on any atom is 0.0575 e. The molecule has 0 radical (unpaired) electrons. The van der Waals surface area contributed by atoms with Gasteiger partial charge in [-0.25, -0.2) is 0 Å². The molecule has 0 saturated carbocycles. The van der Waals surface area contributed by atoms with E-state index in [9.17, 15) is 0 Å². The quantitative estimate of drug-likeness (QED) is 0.588. The smallest absolute Gasteiger partial charge is 0.0575 e. The monoisotopic (exact) mass is 184 g/mol. The largest absolute Gasteiger partial charge is 0.378 e. The summed E-state index contributed by atoms with van der Waals surface area (Å²) in [6.07, 6.45) is 12.8. The topological polar surface area (TPSA) is 9.23 Å². The molecule has 0 spiro atoms. The van der Waals surface area contributed by atoms with Gasteiger partial charge in [0.15, 0.2) is 0 Å². The zero-order valence-electron chi connectivity index (χ0n) is 9.06. The minimum atomic E-state index is 0.597. The molecule has 13 heavy (non-hydrogen) atoms. The van der Waals surface area contributed by atoms with E-state index in [1.165, 1.54) is 57.8 Å². The molecule has 1 heteroatoms. The maximum atomic E-state index is 5.78. The number of hydrogen-bond acceptors (Lipinski definition) is 1. The fraction of sp³-hybridized carbons (Fsp3) is 1.00. The van der Waals surface area contributed by atoms with Crippen molar-refractivity contribution in [3.8, 4) is 0 Å². The van der Waals surface area contributed by atoms with Crippen molar-refractivity contribution in [1.29, 1.82) is 0 Å². The Labute approximate surface area is 82.9 Å². The van der Waals surface area contributed by atoms with E-state index in [0.29, 0.717) is 6.10 Å². The fourth-order valence-electron chi connectivity index (χ4n) is 2.01. The van der Waals surface area contributed by atoms with Crippen molar-refractivity contribution in [1.82, 2.24) is 0 Å².